The van der Waals surface area contributed by atoms with Gasteiger partial charge in [0.05, 0.1) is 23.2 Å². The SMILES string of the molecule is C[C@@H]1CN(C(=O)CN2c3cccc4cccc(c34)S2(=O)=O)CC(C(=O)O)O1. The van der Waals surface area contributed by atoms with Crippen molar-refractivity contribution < 1.29 is 27.9 Å². The van der Waals surface area contributed by atoms with Crippen molar-refractivity contribution in [3.63, 3.8) is 0 Å². The molecule has 2 atom stereocenters. The van der Waals surface area contributed by atoms with Gasteiger partial charge in [0.25, 0.3) is 10.0 Å². The maximum atomic E-state index is 13.0. The first-order valence-corrected chi connectivity index (χ1v) is 9.93. The number of sulfonamides is 1. The number of ether oxygens (including phenoxy) is 1. The number of anilines is 1. The van der Waals surface area contributed by atoms with Crippen LogP contribution in [0, 0.1) is 0 Å². The summed E-state index contributed by atoms with van der Waals surface area (Å²) < 4.78 is 32.3. The molecule has 0 saturated carbocycles. The highest BCUT2D eigenvalue weighted by Gasteiger charge is 2.39. The van der Waals surface area contributed by atoms with Crippen LogP contribution in [0.3, 0.4) is 0 Å². The summed E-state index contributed by atoms with van der Waals surface area (Å²) in [7, 11) is -3.84. The summed E-state index contributed by atoms with van der Waals surface area (Å²) in [5, 5.41) is 10.6. The standard InChI is InChI=1S/C18H18N2O6S/c1-11-8-19(9-14(26-11)18(22)23)16(21)10-20-13-6-2-4-12-5-3-7-15(17(12)13)27(20,24)25/h2-7,11,14H,8-10H2,1H3,(H,22,23)/t11-,14?/m1/s1. The number of amides is 1. The van der Waals surface area contributed by atoms with E-state index < -0.39 is 34.1 Å². The van der Waals surface area contributed by atoms with E-state index in [-0.39, 0.29) is 24.5 Å². The Labute approximate surface area is 156 Å². The Kier molecular flexibility index (Phi) is 4.08. The molecule has 9 heteroatoms. The summed E-state index contributed by atoms with van der Waals surface area (Å²) in [5.74, 6) is -1.60. The molecule has 0 aromatic heterocycles. The summed E-state index contributed by atoms with van der Waals surface area (Å²) >= 11 is 0. The molecular formula is C18H18N2O6S. The Hall–Kier alpha value is -2.65. The highest BCUT2D eigenvalue weighted by molar-refractivity contribution is 7.93. The van der Waals surface area contributed by atoms with Crippen molar-refractivity contribution in [2.45, 2.75) is 24.0 Å². The lowest BCUT2D eigenvalue weighted by atomic mass is 10.1. The lowest BCUT2D eigenvalue weighted by Gasteiger charge is -2.35. The largest absolute Gasteiger partial charge is 0.479 e. The Morgan fingerprint density at radius 3 is 2.59 bits per heavy atom. The van der Waals surface area contributed by atoms with Gasteiger partial charge in [-0.25, -0.2) is 13.2 Å². The molecule has 2 aliphatic heterocycles. The van der Waals surface area contributed by atoms with Crippen LogP contribution in [0.4, 0.5) is 5.69 Å². The molecule has 142 valence electrons. The van der Waals surface area contributed by atoms with Crippen LogP contribution in [0.1, 0.15) is 6.92 Å². The van der Waals surface area contributed by atoms with Crippen molar-refractivity contribution in [3.8, 4) is 0 Å². The van der Waals surface area contributed by atoms with E-state index in [2.05, 4.69) is 0 Å². The molecule has 2 aromatic carbocycles. The first kappa shape index (κ1) is 17.7. The van der Waals surface area contributed by atoms with E-state index in [0.717, 1.165) is 9.69 Å². The normalized spacial score (nSPS) is 23.6. The fraction of sp³-hybridized carbons (Fsp3) is 0.333. The monoisotopic (exact) mass is 390 g/mol. The number of carboxylic acids is 1. The predicted octanol–water partition coefficient (Wildman–Crippen LogP) is 1.05. The highest BCUT2D eigenvalue weighted by Crippen LogP contribution is 2.41. The van der Waals surface area contributed by atoms with E-state index in [0.29, 0.717) is 11.1 Å². The third-order valence-corrected chi connectivity index (χ3v) is 6.65. The van der Waals surface area contributed by atoms with Crippen LogP contribution >= 0.6 is 0 Å². The Morgan fingerprint density at radius 1 is 1.19 bits per heavy atom. The zero-order valence-corrected chi connectivity index (χ0v) is 15.3. The van der Waals surface area contributed by atoms with Crippen LogP contribution < -0.4 is 4.31 Å². The van der Waals surface area contributed by atoms with Crippen LogP contribution in [0.15, 0.2) is 41.3 Å². The number of hydrogen-bond acceptors (Lipinski definition) is 5. The zero-order chi connectivity index (χ0) is 19.3. The van der Waals surface area contributed by atoms with Gasteiger partial charge in [0, 0.05) is 11.9 Å². The van der Waals surface area contributed by atoms with Crippen molar-refractivity contribution >= 4 is 38.4 Å². The van der Waals surface area contributed by atoms with Gasteiger partial charge in [-0.15, -0.1) is 0 Å². The zero-order valence-electron chi connectivity index (χ0n) is 14.5. The van der Waals surface area contributed by atoms with Crippen LogP contribution in [-0.4, -0.2) is 62.1 Å². The number of morpholine rings is 1. The summed E-state index contributed by atoms with van der Waals surface area (Å²) in [6, 6.07) is 10.3. The van der Waals surface area contributed by atoms with Gasteiger partial charge in [-0.2, -0.15) is 0 Å². The number of carbonyl (C=O) groups excluding carboxylic acids is 1. The van der Waals surface area contributed by atoms with E-state index in [9.17, 15) is 23.1 Å². The molecule has 1 saturated heterocycles. The molecule has 1 amide bonds. The van der Waals surface area contributed by atoms with Gasteiger partial charge in [-0.1, -0.05) is 24.3 Å². The van der Waals surface area contributed by atoms with Gasteiger partial charge >= 0.3 is 5.97 Å². The molecular weight excluding hydrogens is 372 g/mol. The minimum atomic E-state index is -3.84. The number of aliphatic carboxylic acids is 1. The van der Waals surface area contributed by atoms with Crippen molar-refractivity contribution in [2.75, 3.05) is 23.9 Å². The molecule has 2 aromatic rings. The van der Waals surface area contributed by atoms with Crippen molar-refractivity contribution in [2.24, 2.45) is 0 Å². The molecule has 0 bridgehead atoms. The number of hydrogen-bond donors (Lipinski definition) is 1. The van der Waals surface area contributed by atoms with Crippen molar-refractivity contribution in [1.82, 2.24) is 4.90 Å². The van der Waals surface area contributed by atoms with E-state index in [1.54, 1.807) is 25.1 Å². The molecule has 2 aliphatic rings. The van der Waals surface area contributed by atoms with Gasteiger partial charge in [-0.3, -0.25) is 9.10 Å². The van der Waals surface area contributed by atoms with Gasteiger partial charge in [0.1, 0.15) is 6.54 Å². The Bertz CT molecular complexity index is 1050. The molecule has 0 aliphatic carbocycles. The molecule has 27 heavy (non-hydrogen) atoms. The topological polar surface area (TPSA) is 104 Å². The molecule has 2 heterocycles. The molecule has 1 fully saturated rings. The number of carboxylic acid groups (broad SMARTS) is 1. The van der Waals surface area contributed by atoms with Crippen LogP contribution in [0.2, 0.25) is 0 Å². The molecule has 0 radical (unpaired) electrons. The number of rotatable bonds is 3. The van der Waals surface area contributed by atoms with E-state index in [1.165, 1.54) is 11.0 Å². The molecule has 1 N–H and O–H groups in total. The average Bonchev–Trinajstić information content (AvgIpc) is 2.84. The lowest BCUT2D eigenvalue weighted by molar-refractivity contribution is -0.166. The summed E-state index contributed by atoms with van der Waals surface area (Å²) in [4.78, 5) is 25.6. The maximum Gasteiger partial charge on any atom is 0.334 e. The second-order valence-electron chi connectivity index (χ2n) is 6.72. The second kappa shape index (κ2) is 6.21. The third-order valence-electron chi connectivity index (χ3n) is 4.85. The molecule has 8 nitrogen and oxygen atoms in total. The smallest absolute Gasteiger partial charge is 0.334 e. The molecule has 4 rings (SSSR count). The number of nitrogens with zero attached hydrogens (tertiary/aromatic N) is 2. The Morgan fingerprint density at radius 2 is 1.89 bits per heavy atom. The van der Waals surface area contributed by atoms with Gasteiger partial charge in [-0.05, 0) is 24.4 Å². The summed E-state index contributed by atoms with van der Waals surface area (Å²) in [6.45, 7) is 1.41. The fourth-order valence-electron chi connectivity index (χ4n) is 3.64. The van der Waals surface area contributed by atoms with Crippen molar-refractivity contribution in [1.29, 1.82) is 0 Å². The lowest BCUT2D eigenvalue weighted by Crippen LogP contribution is -2.54. The third kappa shape index (κ3) is 2.83. The molecule has 1 unspecified atom stereocenters. The predicted molar refractivity (Wildman–Crippen MR) is 97.0 cm³/mol. The minimum absolute atomic E-state index is 0.108. The first-order chi connectivity index (χ1) is 12.8. The average molecular weight is 390 g/mol. The van der Waals surface area contributed by atoms with Crippen LogP contribution in [-0.2, 0) is 24.3 Å². The quantitative estimate of drug-likeness (QED) is 0.840. The van der Waals surface area contributed by atoms with Crippen LogP contribution in [0.5, 0.6) is 0 Å². The Balaban J connectivity index is 1.64. The molecule has 0 spiro atoms. The number of carbonyl (C=O) groups is 2. The summed E-state index contributed by atoms with van der Waals surface area (Å²) in [5.41, 5.74) is 0.465. The first-order valence-electron chi connectivity index (χ1n) is 8.49. The van der Waals surface area contributed by atoms with E-state index in [4.69, 9.17) is 4.74 Å². The van der Waals surface area contributed by atoms with Crippen LogP contribution in [0.25, 0.3) is 10.8 Å². The van der Waals surface area contributed by atoms with Gasteiger partial charge < -0.3 is 14.7 Å². The fourth-order valence-corrected chi connectivity index (χ4v) is 5.30. The highest BCUT2D eigenvalue weighted by atomic mass is 32.2. The van der Waals surface area contributed by atoms with Gasteiger partial charge in [0.15, 0.2) is 6.10 Å². The van der Waals surface area contributed by atoms with E-state index in [1.807, 2.05) is 12.1 Å². The minimum Gasteiger partial charge on any atom is -0.479 e. The summed E-state index contributed by atoms with van der Waals surface area (Å²) in [6.07, 6.45) is -1.56. The van der Waals surface area contributed by atoms with Crippen molar-refractivity contribution in [3.05, 3.63) is 36.4 Å². The van der Waals surface area contributed by atoms with Gasteiger partial charge in [0.2, 0.25) is 5.91 Å². The maximum absolute atomic E-state index is 13.0. The van der Waals surface area contributed by atoms with E-state index >= 15 is 0 Å². The second-order valence-corrected chi connectivity index (χ2v) is 8.55. The number of benzene rings is 2.